The molecule has 14 heavy (non-hydrogen) atoms. The summed E-state index contributed by atoms with van der Waals surface area (Å²) in [6, 6.07) is 0. The van der Waals surface area contributed by atoms with Gasteiger partial charge in [-0.15, -0.1) is 0 Å². The fraction of sp³-hybridized carbons (Fsp3) is 0.900. The van der Waals surface area contributed by atoms with Gasteiger partial charge in [-0.3, -0.25) is 4.79 Å². The van der Waals surface area contributed by atoms with E-state index < -0.39 is 9.93 Å². The molecular formula is C10H18BrNO2. The Labute approximate surface area is 93.4 Å². The lowest BCUT2D eigenvalue weighted by atomic mass is 10.0. The summed E-state index contributed by atoms with van der Waals surface area (Å²) in [7, 11) is 0. The molecule has 1 rings (SSSR count). The van der Waals surface area contributed by atoms with Crippen LogP contribution in [0.1, 0.15) is 39.5 Å². The highest BCUT2D eigenvalue weighted by molar-refractivity contribution is 9.10. The maximum atomic E-state index is 11.5. The summed E-state index contributed by atoms with van der Waals surface area (Å²) in [5.74, 6) is -0.0715. The Balaban J connectivity index is 2.37. The van der Waals surface area contributed by atoms with Crippen LogP contribution in [-0.4, -0.2) is 27.5 Å². The molecule has 0 unspecified atom stereocenters. The minimum absolute atomic E-state index is 0.0715. The van der Waals surface area contributed by atoms with E-state index in [1.807, 2.05) is 0 Å². The zero-order chi connectivity index (χ0) is 10.8. The standard InChI is InChI=1S/C10H18BrNO2/c1-9(2,11)8(13)12-7-10(14)5-3-4-6-10/h14H,3-7H2,1-2H3,(H,12,13). The molecule has 4 heteroatoms. The molecular weight excluding hydrogens is 246 g/mol. The molecule has 1 aliphatic carbocycles. The zero-order valence-corrected chi connectivity index (χ0v) is 10.4. The number of aliphatic hydroxyl groups is 1. The summed E-state index contributed by atoms with van der Waals surface area (Å²) in [6.45, 7) is 3.96. The van der Waals surface area contributed by atoms with E-state index >= 15 is 0 Å². The molecule has 0 radical (unpaired) electrons. The summed E-state index contributed by atoms with van der Waals surface area (Å²) in [6.07, 6.45) is 3.72. The second-order valence-electron chi connectivity index (χ2n) is 4.59. The van der Waals surface area contributed by atoms with Gasteiger partial charge in [-0.25, -0.2) is 0 Å². The fourth-order valence-electron chi connectivity index (χ4n) is 1.66. The number of halogens is 1. The van der Waals surface area contributed by atoms with Crippen LogP contribution in [0.4, 0.5) is 0 Å². The first-order chi connectivity index (χ1) is 6.33. The van der Waals surface area contributed by atoms with Gasteiger partial charge in [-0.05, 0) is 26.7 Å². The third kappa shape index (κ3) is 3.24. The molecule has 3 nitrogen and oxygen atoms in total. The Morgan fingerprint density at radius 2 is 2.00 bits per heavy atom. The second-order valence-corrected chi connectivity index (χ2v) is 6.57. The van der Waals surface area contributed by atoms with Crippen LogP contribution in [0, 0.1) is 0 Å². The summed E-state index contributed by atoms with van der Waals surface area (Å²) < 4.78 is -0.554. The molecule has 1 fully saturated rings. The van der Waals surface area contributed by atoms with Crippen LogP contribution in [0.15, 0.2) is 0 Å². The molecule has 0 spiro atoms. The van der Waals surface area contributed by atoms with Gasteiger partial charge < -0.3 is 10.4 Å². The van der Waals surface area contributed by atoms with Gasteiger partial charge in [0.25, 0.3) is 0 Å². The van der Waals surface area contributed by atoms with Crippen molar-refractivity contribution in [2.24, 2.45) is 0 Å². The molecule has 0 atom stereocenters. The average Bonchev–Trinajstić information content (AvgIpc) is 2.47. The molecule has 0 aromatic rings. The van der Waals surface area contributed by atoms with Gasteiger partial charge in [0.1, 0.15) is 0 Å². The van der Waals surface area contributed by atoms with Crippen LogP contribution in [0.25, 0.3) is 0 Å². The van der Waals surface area contributed by atoms with Crippen LogP contribution < -0.4 is 5.32 Å². The van der Waals surface area contributed by atoms with Crippen molar-refractivity contribution >= 4 is 21.8 Å². The lowest BCUT2D eigenvalue weighted by Crippen LogP contribution is -2.46. The van der Waals surface area contributed by atoms with Gasteiger partial charge in [0.15, 0.2) is 0 Å². The Hall–Kier alpha value is -0.0900. The van der Waals surface area contributed by atoms with Crippen molar-refractivity contribution in [3.63, 3.8) is 0 Å². The third-order valence-electron chi connectivity index (χ3n) is 2.65. The van der Waals surface area contributed by atoms with Crippen molar-refractivity contribution < 1.29 is 9.90 Å². The molecule has 0 bridgehead atoms. The predicted molar refractivity (Wildman–Crippen MR) is 59.4 cm³/mol. The number of hydrogen-bond donors (Lipinski definition) is 2. The van der Waals surface area contributed by atoms with Crippen molar-refractivity contribution in [2.45, 2.75) is 49.5 Å². The van der Waals surface area contributed by atoms with Crippen LogP contribution in [0.5, 0.6) is 0 Å². The SMILES string of the molecule is CC(C)(Br)C(=O)NCC1(O)CCCC1. The van der Waals surface area contributed by atoms with Crippen molar-refractivity contribution in [2.75, 3.05) is 6.54 Å². The summed E-state index contributed by atoms with van der Waals surface area (Å²) in [4.78, 5) is 11.5. The van der Waals surface area contributed by atoms with E-state index in [4.69, 9.17) is 0 Å². The van der Waals surface area contributed by atoms with Gasteiger partial charge in [-0.2, -0.15) is 0 Å². The summed E-state index contributed by atoms with van der Waals surface area (Å²) in [5, 5.41) is 12.7. The summed E-state index contributed by atoms with van der Waals surface area (Å²) in [5.41, 5.74) is -0.659. The number of rotatable bonds is 3. The van der Waals surface area contributed by atoms with E-state index in [9.17, 15) is 9.90 Å². The van der Waals surface area contributed by atoms with E-state index in [0.29, 0.717) is 6.54 Å². The topological polar surface area (TPSA) is 49.3 Å². The quantitative estimate of drug-likeness (QED) is 0.760. The van der Waals surface area contributed by atoms with Crippen LogP contribution >= 0.6 is 15.9 Å². The number of carbonyl (C=O) groups is 1. The molecule has 2 N–H and O–H groups in total. The fourth-order valence-corrected chi connectivity index (χ4v) is 1.81. The van der Waals surface area contributed by atoms with Crippen molar-refractivity contribution in [1.29, 1.82) is 0 Å². The van der Waals surface area contributed by atoms with E-state index in [1.165, 1.54) is 0 Å². The van der Waals surface area contributed by atoms with Gasteiger partial charge >= 0.3 is 0 Å². The Morgan fingerprint density at radius 3 is 2.43 bits per heavy atom. The first kappa shape index (κ1) is 12.0. The first-order valence-electron chi connectivity index (χ1n) is 5.03. The molecule has 0 aliphatic heterocycles. The monoisotopic (exact) mass is 263 g/mol. The van der Waals surface area contributed by atoms with E-state index in [0.717, 1.165) is 25.7 Å². The van der Waals surface area contributed by atoms with Crippen LogP contribution in [-0.2, 0) is 4.79 Å². The zero-order valence-electron chi connectivity index (χ0n) is 8.77. The van der Waals surface area contributed by atoms with Gasteiger partial charge in [0, 0.05) is 6.54 Å². The van der Waals surface area contributed by atoms with Crippen molar-refractivity contribution in [3.8, 4) is 0 Å². The molecule has 1 amide bonds. The molecule has 82 valence electrons. The number of nitrogens with one attached hydrogen (secondary N) is 1. The van der Waals surface area contributed by atoms with Crippen LogP contribution in [0.3, 0.4) is 0 Å². The maximum absolute atomic E-state index is 11.5. The predicted octanol–water partition coefficient (Wildman–Crippen LogP) is 1.58. The normalized spacial score (nSPS) is 20.9. The van der Waals surface area contributed by atoms with Crippen molar-refractivity contribution in [3.05, 3.63) is 0 Å². The lowest BCUT2D eigenvalue weighted by molar-refractivity contribution is -0.123. The second kappa shape index (κ2) is 4.19. The molecule has 0 aromatic heterocycles. The van der Waals surface area contributed by atoms with Gasteiger partial charge in [0.05, 0.1) is 9.93 Å². The smallest absolute Gasteiger partial charge is 0.236 e. The Bertz CT molecular complexity index is 217. The maximum Gasteiger partial charge on any atom is 0.236 e. The van der Waals surface area contributed by atoms with Crippen LogP contribution in [0.2, 0.25) is 0 Å². The van der Waals surface area contributed by atoms with E-state index in [1.54, 1.807) is 13.8 Å². The van der Waals surface area contributed by atoms with E-state index in [-0.39, 0.29) is 5.91 Å². The molecule has 0 saturated heterocycles. The highest BCUT2D eigenvalue weighted by Gasteiger charge is 2.33. The Kier molecular flexibility index (Phi) is 3.58. The van der Waals surface area contributed by atoms with E-state index in [2.05, 4.69) is 21.2 Å². The third-order valence-corrected chi connectivity index (χ3v) is 3.01. The van der Waals surface area contributed by atoms with Gasteiger partial charge in [-0.1, -0.05) is 28.8 Å². The highest BCUT2D eigenvalue weighted by atomic mass is 79.9. The summed E-state index contributed by atoms with van der Waals surface area (Å²) >= 11 is 3.28. The number of amides is 1. The number of alkyl halides is 1. The Morgan fingerprint density at radius 1 is 1.50 bits per heavy atom. The molecule has 1 aliphatic rings. The molecule has 0 aromatic carbocycles. The lowest BCUT2D eigenvalue weighted by Gasteiger charge is -2.24. The van der Waals surface area contributed by atoms with Crippen molar-refractivity contribution in [1.82, 2.24) is 5.32 Å². The largest absolute Gasteiger partial charge is 0.388 e. The minimum atomic E-state index is -0.659. The van der Waals surface area contributed by atoms with Gasteiger partial charge in [0.2, 0.25) is 5.91 Å². The molecule has 1 saturated carbocycles. The first-order valence-corrected chi connectivity index (χ1v) is 5.82. The number of carbonyl (C=O) groups excluding carboxylic acids is 1. The number of hydrogen-bond acceptors (Lipinski definition) is 2. The minimum Gasteiger partial charge on any atom is -0.388 e. The highest BCUT2D eigenvalue weighted by Crippen LogP contribution is 2.28. The molecule has 0 heterocycles. The average molecular weight is 264 g/mol.